The van der Waals surface area contributed by atoms with E-state index < -0.39 is 11.5 Å². The molecule has 0 saturated carbocycles. The van der Waals surface area contributed by atoms with E-state index in [-0.39, 0.29) is 6.61 Å². The lowest BCUT2D eigenvalue weighted by Crippen LogP contribution is -2.24. The van der Waals surface area contributed by atoms with Gasteiger partial charge in [0.1, 0.15) is 0 Å². The van der Waals surface area contributed by atoms with Crippen molar-refractivity contribution in [2.45, 2.75) is 17.9 Å². The van der Waals surface area contributed by atoms with E-state index in [1.807, 2.05) is 0 Å². The second kappa shape index (κ2) is 5.30. The number of rotatable bonds is 4. The topological polar surface area (TPSA) is 40.5 Å². The summed E-state index contributed by atoms with van der Waals surface area (Å²) in [6.45, 7) is -0.209. The van der Waals surface area contributed by atoms with Gasteiger partial charge in [-0.3, -0.25) is 0 Å². The average Bonchev–Trinajstić information content (AvgIpc) is 1.87. The van der Waals surface area contributed by atoms with Crippen molar-refractivity contribution < 1.29 is 10.2 Å². The first-order chi connectivity index (χ1) is 4.22. The van der Waals surface area contributed by atoms with Gasteiger partial charge in [-0.25, -0.2) is 0 Å². The van der Waals surface area contributed by atoms with E-state index in [9.17, 15) is 0 Å². The summed E-state index contributed by atoms with van der Waals surface area (Å²) in [5, 5.41) is 16.8. The maximum atomic E-state index is 8.94. The summed E-state index contributed by atoms with van der Waals surface area (Å²) >= 11 is 10.7. The lowest BCUT2D eigenvalue weighted by molar-refractivity contribution is 0.135. The fourth-order valence-corrected chi connectivity index (χ4v) is 0.764. The normalized spacial score (nSPS) is 17.3. The molecule has 0 aliphatic carbocycles. The lowest BCUT2D eigenvalue weighted by atomic mass is 10.2. The van der Waals surface area contributed by atoms with Crippen LogP contribution in [0.2, 0.25) is 0 Å². The number of halogens is 2. The molecule has 0 aromatic heterocycles. The van der Waals surface area contributed by atoms with Crippen LogP contribution in [0, 0.1) is 0 Å². The summed E-state index contributed by atoms with van der Waals surface area (Å²) < 4.78 is 0. The van der Waals surface area contributed by atoms with Crippen LogP contribution in [0.5, 0.6) is 0 Å². The fraction of sp³-hybridized carbons (Fsp3) is 1.00. The molecule has 2 unspecified atom stereocenters. The van der Waals surface area contributed by atoms with Crippen molar-refractivity contribution >= 4 is 23.2 Å². The first-order valence-corrected chi connectivity index (χ1v) is 3.68. The van der Waals surface area contributed by atoms with Crippen molar-refractivity contribution in [2.75, 3.05) is 12.5 Å². The van der Waals surface area contributed by atoms with Crippen molar-refractivity contribution in [3.05, 3.63) is 0 Å². The minimum atomic E-state index is -0.686. The second-order valence-corrected chi connectivity index (χ2v) is 2.68. The standard InChI is InChI=1S/C5H10Cl2O2/c6-2-1-5(9)4(7)3-8/h4-5,8-9H,1-3H2. The molecule has 0 aliphatic heterocycles. The molecule has 56 valence electrons. The van der Waals surface area contributed by atoms with E-state index in [0.29, 0.717) is 12.3 Å². The van der Waals surface area contributed by atoms with E-state index in [4.69, 9.17) is 33.4 Å². The van der Waals surface area contributed by atoms with Gasteiger partial charge in [-0.2, -0.15) is 0 Å². The summed E-state index contributed by atoms with van der Waals surface area (Å²) in [5.74, 6) is 0.365. The molecule has 0 aliphatic rings. The van der Waals surface area contributed by atoms with Gasteiger partial charge in [-0.05, 0) is 6.42 Å². The van der Waals surface area contributed by atoms with Gasteiger partial charge in [0.15, 0.2) is 0 Å². The molecule has 0 aromatic carbocycles. The van der Waals surface area contributed by atoms with Gasteiger partial charge in [-0.15, -0.1) is 23.2 Å². The Morgan fingerprint density at radius 2 is 2.00 bits per heavy atom. The molecule has 0 bridgehead atoms. The predicted octanol–water partition coefficient (Wildman–Crippen LogP) is 0.576. The van der Waals surface area contributed by atoms with Gasteiger partial charge in [-0.1, -0.05) is 0 Å². The molecule has 0 aromatic rings. The van der Waals surface area contributed by atoms with Gasteiger partial charge in [0.25, 0.3) is 0 Å². The molecule has 0 rings (SSSR count). The highest BCUT2D eigenvalue weighted by Gasteiger charge is 2.13. The second-order valence-electron chi connectivity index (χ2n) is 1.74. The first-order valence-electron chi connectivity index (χ1n) is 2.71. The molecule has 2 N–H and O–H groups in total. The van der Waals surface area contributed by atoms with E-state index in [1.54, 1.807) is 0 Å². The number of hydrogen-bond acceptors (Lipinski definition) is 2. The van der Waals surface area contributed by atoms with Crippen LogP contribution in [-0.2, 0) is 0 Å². The van der Waals surface area contributed by atoms with Crippen LogP contribution >= 0.6 is 23.2 Å². The molecule has 0 saturated heterocycles. The molecule has 0 heterocycles. The smallest absolute Gasteiger partial charge is 0.0826 e. The van der Waals surface area contributed by atoms with Crippen LogP contribution in [-0.4, -0.2) is 34.2 Å². The largest absolute Gasteiger partial charge is 0.395 e. The Morgan fingerprint density at radius 3 is 2.33 bits per heavy atom. The molecule has 0 amide bonds. The SMILES string of the molecule is OCC(Cl)C(O)CCCl. The van der Waals surface area contributed by atoms with Gasteiger partial charge < -0.3 is 10.2 Å². The van der Waals surface area contributed by atoms with E-state index in [1.165, 1.54) is 0 Å². The predicted molar refractivity (Wildman–Crippen MR) is 38.1 cm³/mol. The van der Waals surface area contributed by atoms with Crippen molar-refractivity contribution in [3.63, 3.8) is 0 Å². The molecule has 9 heavy (non-hydrogen) atoms. The Bertz CT molecular complexity index is 70.0. The summed E-state index contributed by atoms with van der Waals surface area (Å²) in [5.41, 5.74) is 0. The third-order valence-electron chi connectivity index (χ3n) is 0.997. The maximum Gasteiger partial charge on any atom is 0.0826 e. The van der Waals surface area contributed by atoms with E-state index in [0.717, 1.165) is 0 Å². The highest BCUT2D eigenvalue weighted by molar-refractivity contribution is 6.21. The molecular formula is C5H10Cl2O2. The molecule has 0 fully saturated rings. The summed E-state index contributed by atoms with van der Waals surface area (Å²) in [6, 6.07) is 0. The van der Waals surface area contributed by atoms with E-state index >= 15 is 0 Å². The number of aliphatic hydroxyl groups excluding tert-OH is 2. The van der Waals surface area contributed by atoms with Crippen molar-refractivity contribution in [1.82, 2.24) is 0 Å². The zero-order valence-electron chi connectivity index (χ0n) is 4.93. The van der Waals surface area contributed by atoms with Crippen LogP contribution in [0.25, 0.3) is 0 Å². The number of aliphatic hydroxyl groups is 2. The van der Waals surface area contributed by atoms with Crippen LogP contribution in [0.4, 0.5) is 0 Å². The molecule has 2 atom stereocenters. The lowest BCUT2D eigenvalue weighted by Gasteiger charge is -2.11. The molecule has 0 spiro atoms. The maximum absolute atomic E-state index is 8.94. The monoisotopic (exact) mass is 172 g/mol. The molecule has 2 nitrogen and oxygen atoms in total. The third-order valence-corrected chi connectivity index (χ3v) is 1.64. The minimum Gasteiger partial charge on any atom is -0.395 e. The first kappa shape index (κ1) is 9.50. The summed E-state index contributed by atoms with van der Waals surface area (Å²) in [4.78, 5) is 0. The third kappa shape index (κ3) is 3.98. The summed E-state index contributed by atoms with van der Waals surface area (Å²) in [7, 11) is 0. The Labute approximate surface area is 64.4 Å². The fourth-order valence-electron chi connectivity index (χ4n) is 0.414. The summed E-state index contributed by atoms with van der Waals surface area (Å²) in [6.07, 6.45) is -0.259. The Morgan fingerprint density at radius 1 is 1.44 bits per heavy atom. The Balaban J connectivity index is 3.32. The van der Waals surface area contributed by atoms with E-state index in [2.05, 4.69) is 0 Å². The van der Waals surface area contributed by atoms with Crippen molar-refractivity contribution in [3.8, 4) is 0 Å². The van der Waals surface area contributed by atoms with Crippen LogP contribution in [0.15, 0.2) is 0 Å². The van der Waals surface area contributed by atoms with Gasteiger partial charge in [0, 0.05) is 5.88 Å². The van der Waals surface area contributed by atoms with Gasteiger partial charge in [0.2, 0.25) is 0 Å². The van der Waals surface area contributed by atoms with Crippen LogP contribution < -0.4 is 0 Å². The molecule has 0 radical (unpaired) electrons. The average molecular weight is 173 g/mol. The Kier molecular flexibility index (Phi) is 5.59. The van der Waals surface area contributed by atoms with Crippen molar-refractivity contribution in [2.24, 2.45) is 0 Å². The van der Waals surface area contributed by atoms with Crippen molar-refractivity contribution in [1.29, 1.82) is 0 Å². The Hall–Kier alpha value is 0.500. The zero-order valence-corrected chi connectivity index (χ0v) is 6.44. The number of hydrogen-bond donors (Lipinski definition) is 2. The molecule has 4 heteroatoms. The highest BCUT2D eigenvalue weighted by atomic mass is 35.5. The van der Waals surface area contributed by atoms with Gasteiger partial charge >= 0.3 is 0 Å². The quantitative estimate of drug-likeness (QED) is 0.610. The van der Waals surface area contributed by atoms with Gasteiger partial charge in [0.05, 0.1) is 18.1 Å². The zero-order chi connectivity index (χ0) is 7.28. The minimum absolute atomic E-state index is 0.209. The van der Waals surface area contributed by atoms with Crippen LogP contribution in [0.3, 0.4) is 0 Å². The molecular weight excluding hydrogens is 163 g/mol. The highest BCUT2D eigenvalue weighted by Crippen LogP contribution is 2.06. The number of alkyl halides is 2. The van der Waals surface area contributed by atoms with Crippen LogP contribution in [0.1, 0.15) is 6.42 Å².